The van der Waals surface area contributed by atoms with Crippen LogP contribution in [0.5, 0.6) is 11.5 Å². The minimum absolute atomic E-state index is 0.121. The smallest absolute Gasteiger partial charge is 0.251 e. The Balaban J connectivity index is 1.25. The number of nitrogens with zero attached hydrogens (tertiary/aromatic N) is 2. The standard InChI is InChI=1S/C35H34ClN3O3/c1-2-37-35(41)28-13-16-31-32(22-28)38-19-17-34(31)42-30-14-11-25(12-15-30)18-20-39(23-26-7-4-3-5-8-26)24-33(40)27-9-6-10-29(36)21-27/h3-17,19,21-22,33,40H,2,18,20,23-24H2,1H3,(H,37,41)/t33-/m1/s1. The van der Waals surface area contributed by atoms with Crippen LogP contribution in [0, 0.1) is 0 Å². The number of carbonyl (C=O) groups excluding carboxylic acids is 1. The number of hydrogen-bond donors (Lipinski definition) is 2. The predicted octanol–water partition coefficient (Wildman–Crippen LogP) is 7.21. The van der Waals surface area contributed by atoms with Crippen molar-refractivity contribution in [2.45, 2.75) is 26.0 Å². The molecular formula is C35H34ClN3O3. The van der Waals surface area contributed by atoms with Gasteiger partial charge in [0.1, 0.15) is 11.5 Å². The lowest BCUT2D eigenvalue weighted by Gasteiger charge is -2.25. The number of ether oxygens (including phenoxy) is 1. The van der Waals surface area contributed by atoms with E-state index in [2.05, 4.69) is 39.5 Å². The molecule has 214 valence electrons. The van der Waals surface area contributed by atoms with E-state index in [0.29, 0.717) is 34.9 Å². The largest absolute Gasteiger partial charge is 0.457 e. The van der Waals surface area contributed by atoms with Crippen molar-refractivity contribution in [3.8, 4) is 11.5 Å². The zero-order valence-electron chi connectivity index (χ0n) is 23.5. The molecule has 0 bridgehead atoms. The van der Waals surface area contributed by atoms with Gasteiger partial charge in [0.2, 0.25) is 0 Å². The van der Waals surface area contributed by atoms with Crippen molar-refractivity contribution >= 4 is 28.4 Å². The van der Waals surface area contributed by atoms with Gasteiger partial charge in [0.25, 0.3) is 5.91 Å². The number of fused-ring (bicyclic) bond motifs is 1. The topological polar surface area (TPSA) is 74.7 Å². The lowest BCUT2D eigenvalue weighted by Crippen LogP contribution is -2.30. The van der Waals surface area contributed by atoms with Gasteiger partial charge in [0.05, 0.1) is 11.6 Å². The molecule has 2 N–H and O–H groups in total. The van der Waals surface area contributed by atoms with E-state index in [0.717, 1.165) is 36.2 Å². The van der Waals surface area contributed by atoms with Gasteiger partial charge in [-0.05, 0) is 78.6 Å². The Morgan fingerprint density at radius 1 is 0.952 bits per heavy atom. The first-order valence-electron chi connectivity index (χ1n) is 14.1. The molecule has 1 aromatic heterocycles. The number of amides is 1. The Bertz CT molecular complexity index is 1630. The maximum absolute atomic E-state index is 12.2. The molecule has 0 aliphatic carbocycles. The van der Waals surface area contributed by atoms with Crippen LogP contribution in [0.4, 0.5) is 0 Å². The predicted molar refractivity (Wildman–Crippen MR) is 168 cm³/mol. The molecule has 0 aliphatic rings. The van der Waals surface area contributed by atoms with Crippen LogP contribution in [0.15, 0.2) is 109 Å². The molecule has 42 heavy (non-hydrogen) atoms. The SMILES string of the molecule is CCNC(=O)c1ccc2c(Oc3ccc(CCN(Cc4ccccc4)C[C@@H](O)c4cccc(Cl)c4)cc3)ccnc2c1. The monoisotopic (exact) mass is 579 g/mol. The highest BCUT2D eigenvalue weighted by Gasteiger charge is 2.15. The van der Waals surface area contributed by atoms with Crippen LogP contribution in [0.2, 0.25) is 5.02 Å². The summed E-state index contributed by atoms with van der Waals surface area (Å²) in [6.07, 6.45) is 1.86. The summed E-state index contributed by atoms with van der Waals surface area (Å²) in [5, 5.41) is 15.2. The molecule has 0 unspecified atom stereocenters. The van der Waals surface area contributed by atoms with Crippen molar-refractivity contribution in [2.75, 3.05) is 19.6 Å². The second-order valence-electron chi connectivity index (χ2n) is 10.2. The van der Waals surface area contributed by atoms with Gasteiger partial charge in [-0.25, -0.2) is 0 Å². The molecule has 0 saturated carbocycles. The number of aliphatic hydroxyl groups is 1. The fourth-order valence-corrected chi connectivity index (χ4v) is 5.09. The van der Waals surface area contributed by atoms with Gasteiger partial charge < -0.3 is 15.2 Å². The number of carbonyl (C=O) groups is 1. The van der Waals surface area contributed by atoms with E-state index in [4.69, 9.17) is 16.3 Å². The number of pyridine rings is 1. The molecular weight excluding hydrogens is 546 g/mol. The molecule has 5 rings (SSSR count). The van der Waals surface area contributed by atoms with Gasteiger partial charge in [0.15, 0.2) is 0 Å². The average Bonchev–Trinajstić information content (AvgIpc) is 3.01. The molecule has 1 heterocycles. The quantitative estimate of drug-likeness (QED) is 0.163. The molecule has 0 fully saturated rings. The highest BCUT2D eigenvalue weighted by Crippen LogP contribution is 2.30. The zero-order valence-corrected chi connectivity index (χ0v) is 24.3. The molecule has 1 atom stereocenters. The summed E-state index contributed by atoms with van der Waals surface area (Å²) in [6.45, 7) is 4.46. The third kappa shape index (κ3) is 7.74. The van der Waals surface area contributed by atoms with Crippen LogP contribution >= 0.6 is 11.6 Å². The van der Waals surface area contributed by atoms with E-state index in [9.17, 15) is 9.90 Å². The van der Waals surface area contributed by atoms with Gasteiger partial charge in [0, 0.05) is 48.3 Å². The minimum atomic E-state index is -0.643. The van der Waals surface area contributed by atoms with Crippen LogP contribution in [-0.4, -0.2) is 40.5 Å². The number of halogens is 1. The highest BCUT2D eigenvalue weighted by molar-refractivity contribution is 6.30. The van der Waals surface area contributed by atoms with Crippen LogP contribution in [0.1, 0.15) is 40.1 Å². The Labute approximate surface area is 251 Å². The summed E-state index contributed by atoms with van der Waals surface area (Å²) < 4.78 is 6.22. The van der Waals surface area contributed by atoms with Crippen LogP contribution in [0.3, 0.4) is 0 Å². The van der Waals surface area contributed by atoms with Gasteiger partial charge >= 0.3 is 0 Å². The third-order valence-electron chi connectivity index (χ3n) is 7.08. The Hall–Kier alpha value is -4.23. The van der Waals surface area contributed by atoms with E-state index >= 15 is 0 Å². The van der Waals surface area contributed by atoms with E-state index < -0.39 is 6.10 Å². The van der Waals surface area contributed by atoms with Crippen LogP contribution in [-0.2, 0) is 13.0 Å². The van der Waals surface area contributed by atoms with Crippen molar-refractivity contribution in [2.24, 2.45) is 0 Å². The first-order valence-corrected chi connectivity index (χ1v) is 14.5. The first kappa shape index (κ1) is 29.3. The number of hydrogen-bond acceptors (Lipinski definition) is 5. The number of nitrogens with one attached hydrogen (secondary N) is 1. The molecule has 0 spiro atoms. The fourth-order valence-electron chi connectivity index (χ4n) is 4.89. The molecule has 0 saturated heterocycles. The summed E-state index contributed by atoms with van der Waals surface area (Å²) in [5.74, 6) is 1.28. The van der Waals surface area contributed by atoms with Crippen molar-refractivity contribution in [3.63, 3.8) is 0 Å². The zero-order chi connectivity index (χ0) is 29.3. The number of benzene rings is 4. The second-order valence-corrected chi connectivity index (χ2v) is 10.6. The van der Waals surface area contributed by atoms with Gasteiger partial charge in [-0.1, -0.05) is 66.2 Å². The maximum atomic E-state index is 12.2. The molecule has 7 heteroatoms. The molecule has 0 aliphatic heterocycles. The minimum Gasteiger partial charge on any atom is -0.457 e. The second kappa shape index (κ2) is 14.1. The van der Waals surface area contributed by atoms with Gasteiger partial charge in [-0.15, -0.1) is 0 Å². The van der Waals surface area contributed by atoms with Gasteiger partial charge in [-0.2, -0.15) is 0 Å². The highest BCUT2D eigenvalue weighted by atomic mass is 35.5. The number of aromatic nitrogens is 1. The van der Waals surface area contributed by atoms with E-state index in [1.165, 1.54) is 11.1 Å². The summed E-state index contributed by atoms with van der Waals surface area (Å²) >= 11 is 6.16. The Morgan fingerprint density at radius 3 is 2.52 bits per heavy atom. The van der Waals surface area contributed by atoms with Crippen molar-refractivity contribution < 1.29 is 14.6 Å². The van der Waals surface area contributed by atoms with Crippen molar-refractivity contribution in [3.05, 3.63) is 137 Å². The summed E-state index contributed by atoms with van der Waals surface area (Å²) in [4.78, 5) is 18.9. The van der Waals surface area contributed by atoms with E-state index in [1.807, 2.05) is 73.7 Å². The van der Waals surface area contributed by atoms with E-state index in [-0.39, 0.29) is 5.91 Å². The number of aliphatic hydroxyl groups excluding tert-OH is 1. The summed E-state index contributed by atoms with van der Waals surface area (Å²) in [6, 6.07) is 33.0. The summed E-state index contributed by atoms with van der Waals surface area (Å²) in [5.41, 5.74) is 4.45. The van der Waals surface area contributed by atoms with Crippen LogP contribution in [0.25, 0.3) is 10.9 Å². The molecule has 5 aromatic rings. The molecule has 0 radical (unpaired) electrons. The first-order chi connectivity index (χ1) is 20.5. The fraction of sp³-hybridized carbons (Fsp3) is 0.200. The van der Waals surface area contributed by atoms with Crippen molar-refractivity contribution in [1.82, 2.24) is 15.2 Å². The maximum Gasteiger partial charge on any atom is 0.251 e. The lowest BCUT2D eigenvalue weighted by molar-refractivity contribution is 0.0956. The average molecular weight is 580 g/mol. The molecule has 6 nitrogen and oxygen atoms in total. The van der Waals surface area contributed by atoms with Gasteiger partial charge in [-0.3, -0.25) is 14.7 Å². The van der Waals surface area contributed by atoms with Crippen molar-refractivity contribution in [1.29, 1.82) is 0 Å². The molecule has 1 amide bonds. The third-order valence-corrected chi connectivity index (χ3v) is 7.32. The number of rotatable bonds is 12. The lowest BCUT2D eigenvalue weighted by atomic mass is 10.1. The van der Waals surface area contributed by atoms with E-state index in [1.54, 1.807) is 18.3 Å². The van der Waals surface area contributed by atoms with Crippen LogP contribution < -0.4 is 10.1 Å². The normalized spacial score (nSPS) is 11.9. The Kier molecular flexibility index (Phi) is 9.82. The Morgan fingerprint density at radius 2 is 1.76 bits per heavy atom. The summed E-state index contributed by atoms with van der Waals surface area (Å²) in [7, 11) is 0. The molecule has 4 aromatic carbocycles.